The lowest BCUT2D eigenvalue weighted by molar-refractivity contribution is -0.0000117. The van der Waals surface area contributed by atoms with Gasteiger partial charge in [0.2, 0.25) is 0 Å². The summed E-state index contributed by atoms with van der Waals surface area (Å²) in [6.07, 6.45) is 3.30. The molecule has 16 heavy (non-hydrogen) atoms. The normalized spacial score (nSPS) is 18.5. The zero-order chi connectivity index (χ0) is 10.3. The zero-order valence-electron chi connectivity index (χ0n) is 8.88. The monoisotopic (exact) mass is 257 g/mol. The lowest BCUT2D eigenvalue weighted by Gasteiger charge is -2.14. The maximum absolute atomic E-state index is 11.9. The average Bonchev–Trinajstić information content (AvgIpc) is 2.96. The van der Waals surface area contributed by atoms with Crippen molar-refractivity contribution in [3.63, 3.8) is 0 Å². The highest BCUT2D eigenvalue weighted by Crippen LogP contribution is 2.27. The molecule has 0 bridgehead atoms. The van der Waals surface area contributed by atoms with Crippen molar-refractivity contribution in [3.05, 3.63) is 21.4 Å². The molecule has 0 atom stereocenters. The van der Waals surface area contributed by atoms with Gasteiger partial charge in [0.05, 0.1) is 5.56 Å². The number of carbonyl (C=O) groups is 1. The molecule has 0 radical (unpaired) electrons. The lowest BCUT2D eigenvalue weighted by Crippen LogP contribution is -3.00. The van der Waals surface area contributed by atoms with E-state index >= 15 is 0 Å². The molecule has 2 aliphatic rings. The van der Waals surface area contributed by atoms with Crippen molar-refractivity contribution in [1.29, 1.82) is 0 Å². The number of carbonyl (C=O) groups excluding carboxylic acids is 1. The van der Waals surface area contributed by atoms with Crippen LogP contribution >= 0.6 is 11.3 Å². The molecule has 1 fully saturated rings. The van der Waals surface area contributed by atoms with E-state index in [4.69, 9.17) is 0 Å². The third-order valence-corrected chi connectivity index (χ3v) is 4.00. The van der Waals surface area contributed by atoms with Crippen LogP contribution in [0.3, 0.4) is 0 Å². The van der Waals surface area contributed by atoms with Gasteiger partial charge in [-0.1, -0.05) is 0 Å². The molecule has 1 saturated carbocycles. The molecule has 0 unspecified atom stereocenters. The molecule has 5 heteroatoms. The number of rotatable bonds is 2. The Morgan fingerprint density at radius 3 is 3.06 bits per heavy atom. The molecule has 3 rings (SSSR count). The van der Waals surface area contributed by atoms with Gasteiger partial charge < -0.3 is 23.0 Å². The standard InChI is InChI=1S/C11H14N2OS.ClH/c14-11(13-7-1-2-7)9-6-15-10-5-12-4-3-8(9)10;/h6-7,12H,1-5H2,(H,13,14);1H/p-1. The lowest BCUT2D eigenvalue weighted by atomic mass is 10.0. The maximum Gasteiger partial charge on any atom is 0.252 e. The topological polar surface area (TPSA) is 41.1 Å². The first kappa shape index (κ1) is 11.9. The number of nitrogens with one attached hydrogen (secondary N) is 2. The molecular formula is C11H14ClN2OS-. The Hall–Kier alpha value is -0.580. The third-order valence-electron chi connectivity index (χ3n) is 2.98. The molecule has 3 nitrogen and oxygen atoms in total. The van der Waals surface area contributed by atoms with Crippen LogP contribution in [0.1, 0.15) is 33.6 Å². The summed E-state index contributed by atoms with van der Waals surface area (Å²) in [6.45, 7) is 1.92. The van der Waals surface area contributed by atoms with Crippen molar-refractivity contribution >= 4 is 17.2 Å². The fourth-order valence-electron chi connectivity index (χ4n) is 1.94. The fourth-order valence-corrected chi connectivity index (χ4v) is 2.99. The van der Waals surface area contributed by atoms with Crippen molar-refractivity contribution in [2.24, 2.45) is 0 Å². The van der Waals surface area contributed by atoms with E-state index in [1.807, 2.05) is 5.38 Å². The van der Waals surface area contributed by atoms with Crippen molar-refractivity contribution in [2.45, 2.75) is 31.8 Å². The molecule has 1 aromatic rings. The average molecular weight is 258 g/mol. The first-order chi connectivity index (χ1) is 7.34. The highest BCUT2D eigenvalue weighted by atomic mass is 35.5. The number of hydrogen-bond donors (Lipinski definition) is 2. The van der Waals surface area contributed by atoms with Gasteiger partial charge in [0.25, 0.3) is 5.91 Å². The fraction of sp³-hybridized carbons (Fsp3) is 0.545. The second-order valence-corrected chi connectivity index (χ2v) is 5.19. The van der Waals surface area contributed by atoms with Crippen molar-refractivity contribution in [2.75, 3.05) is 6.54 Å². The molecule has 0 aromatic carbocycles. The minimum atomic E-state index is 0. The van der Waals surface area contributed by atoms with Crippen LogP contribution in [0.5, 0.6) is 0 Å². The van der Waals surface area contributed by atoms with Crippen LogP contribution < -0.4 is 23.0 Å². The number of halogens is 1. The van der Waals surface area contributed by atoms with Crippen LogP contribution in [0.4, 0.5) is 0 Å². The number of amides is 1. The Bertz CT molecular complexity index is 401. The zero-order valence-corrected chi connectivity index (χ0v) is 10.5. The number of hydrogen-bond acceptors (Lipinski definition) is 3. The summed E-state index contributed by atoms with van der Waals surface area (Å²) in [5.41, 5.74) is 2.19. The number of fused-ring (bicyclic) bond motifs is 1. The van der Waals surface area contributed by atoms with Gasteiger partial charge in [-0.15, -0.1) is 11.3 Å². The first-order valence-corrected chi connectivity index (χ1v) is 6.33. The molecule has 88 valence electrons. The second kappa shape index (κ2) is 4.73. The number of thiophene rings is 1. The summed E-state index contributed by atoms with van der Waals surface area (Å²) in [5, 5.41) is 8.39. The quantitative estimate of drug-likeness (QED) is 0.663. The van der Waals surface area contributed by atoms with Crippen LogP contribution in [0.2, 0.25) is 0 Å². The van der Waals surface area contributed by atoms with Crippen molar-refractivity contribution < 1.29 is 17.2 Å². The highest BCUT2D eigenvalue weighted by molar-refractivity contribution is 7.10. The van der Waals surface area contributed by atoms with Crippen LogP contribution in [0.15, 0.2) is 5.38 Å². The predicted octanol–water partition coefficient (Wildman–Crippen LogP) is -1.71. The molecule has 2 N–H and O–H groups in total. The summed E-state index contributed by atoms with van der Waals surface area (Å²) >= 11 is 1.70. The maximum atomic E-state index is 11.9. The molecule has 1 aliphatic carbocycles. The van der Waals surface area contributed by atoms with E-state index in [-0.39, 0.29) is 18.3 Å². The van der Waals surface area contributed by atoms with E-state index in [2.05, 4.69) is 10.6 Å². The smallest absolute Gasteiger partial charge is 0.252 e. The predicted molar refractivity (Wildman–Crippen MR) is 60.2 cm³/mol. The molecule has 1 amide bonds. The Labute approximate surface area is 105 Å². The Morgan fingerprint density at radius 1 is 1.50 bits per heavy atom. The minimum Gasteiger partial charge on any atom is -1.00 e. The summed E-state index contributed by atoms with van der Waals surface area (Å²) in [4.78, 5) is 13.2. The van der Waals surface area contributed by atoms with E-state index < -0.39 is 0 Å². The van der Waals surface area contributed by atoms with E-state index in [0.717, 1.165) is 37.9 Å². The third kappa shape index (κ3) is 2.24. The van der Waals surface area contributed by atoms with Gasteiger partial charge in [-0.25, -0.2) is 0 Å². The van der Waals surface area contributed by atoms with Crippen LogP contribution in [0, 0.1) is 0 Å². The molecule has 0 spiro atoms. The van der Waals surface area contributed by atoms with Crippen LogP contribution in [-0.2, 0) is 13.0 Å². The Balaban J connectivity index is 0.000000963. The highest BCUT2D eigenvalue weighted by Gasteiger charge is 2.26. The van der Waals surface area contributed by atoms with Gasteiger partial charge in [-0.2, -0.15) is 0 Å². The molecule has 0 saturated heterocycles. The van der Waals surface area contributed by atoms with Crippen LogP contribution in [0.25, 0.3) is 0 Å². The van der Waals surface area contributed by atoms with Crippen molar-refractivity contribution in [3.8, 4) is 0 Å². The summed E-state index contributed by atoms with van der Waals surface area (Å²) in [7, 11) is 0. The van der Waals surface area contributed by atoms with Gasteiger partial charge in [-0.3, -0.25) is 4.79 Å². The van der Waals surface area contributed by atoms with E-state index in [0.29, 0.717) is 6.04 Å². The van der Waals surface area contributed by atoms with Crippen LogP contribution in [-0.4, -0.2) is 18.5 Å². The Kier molecular flexibility index (Phi) is 3.52. The molecule has 1 aromatic heterocycles. The summed E-state index contributed by atoms with van der Waals surface area (Å²) in [6, 6.07) is 0.453. The molecule has 1 aliphatic heterocycles. The van der Waals surface area contributed by atoms with Crippen molar-refractivity contribution in [1.82, 2.24) is 10.6 Å². The minimum absolute atomic E-state index is 0. The van der Waals surface area contributed by atoms with Gasteiger partial charge in [0.15, 0.2) is 0 Å². The summed E-state index contributed by atoms with van der Waals surface area (Å²) in [5.74, 6) is 0.136. The SMILES string of the molecule is O=C(NC1CC1)c1csc2c1CCNC2.[Cl-]. The largest absolute Gasteiger partial charge is 1.00 e. The summed E-state index contributed by atoms with van der Waals surface area (Å²) < 4.78 is 0. The Morgan fingerprint density at radius 2 is 2.31 bits per heavy atom. The second-order valence-electron chi connectivity index (χ2n) is 4.23. The molecule has 2 heterocycles. The van der Waals surface area contributed by atoms with Gasteiger partial charge in [-0.05, 0) is 31.4 Å². The van der Waals surface area contributed by atoms with E-state index in [1.54, 1.807) is 11.3 Å². The van der Waals surface area contributed by atoms with E-state index in [1.165, 1.54) is 10.4 Å². The van der Waals surface area contributed by atoms with Gasteiger partial charge >= 0.3 is 0 Å². The molecular weight excluding hydrogens is 244 g/mol. The van der Waals surface area contributed by atoms with E-state index in [9.17, 15) is 4.79 Å². The van der Waals surface area contributed by atoms with Gasteiger partial charge in [0, 0.05) is 22.8 Å². The van der Waals surface area contributed by atoms with Gasteiger partial charge in [0.1, 0.15) is 0 Å². The first-order valence-electron chi connectivity index (χ1n) is 5.45.